The number of carbonyl (C=O) groups is 1. The molecule has 1 amide bonds. The molecule has 0 saturated heterocycles. The molecule has 124 valence electrons. The fourth-order valence-electron chi connectivity index (χ4n) is 3.68. The van der Waals surface area contributed by atoms with Crippen molar-refractivity contribution in [1.29, 1.82) is 0 Å². The van der Waals surface area contributed by atoms with Gasteiger partial charge in [0.2, 0.25) is 5.91 Å². The third kappa shape index (κ3) is 4.68. The van der Waals surface area contributed by atoms with Crippen molar-refractivity contribution in [1.82, 2.24) is 10.2 Å². The lowest BCUT2D eigenvalue weighted by molar-refractivity contribution is -0.133. The van der Waals surface area contributed by atoms with Crippen LogP contribution in [-0.4, -0.2) is 44.0 Å². The van der Waals surface area contributed by atoms with Crippen LogP contribution in [0.15, 0.2) is 0 Å². The Bertz CT molecular complexity index is 363. The highest BCUT2D eigenvalue weighted by Crippen LogP contribution is 2.44. The summed E-state index contributed by atoms with van der Waals surface area (Å²) in [6, 6.07) is 0.217. The van der Waals surface area contributed by atoms with Crippen molar-refractivity contribution < 1.29 is 4.79 Å². The van der Waals surface area contributed by atoms with Gasteiger partial charge < -0.3 is 16.0 Å². The summed E-state index contributed by atoms with van der Waals surface area (Å²) in [5.41, 5.74) is 6.23. The Labute approximate surface area is 130 Å². The van der Waals surface area contributed by atoms with Crippen molar-refractivity contribution in [3.63, 3.8) is 0 Å². The maximum absolute atomic E-state index is 12.6. The molecule has 1 saturated carbocycles. The molecule has 1 aliphatic carbocycles. The van der Waals surface area contributed by atoms with Crippen molar-refractivity contribution >= 4 is 5.91 Å². The summed E-state index contributed by atoms with van der Waals surface area (Å²) in [6.45, 7) is 12.6. The standard InChI is InChI=1S/C17H35N3O/c1-12-14(18)9-8-13(17(12,4)5)15(21)19-10-16(2,3)11-20(6)7/h12-14H,8-11,18H2,1-7H3,(H,19,21). The molecule has 3 atom stereocenters. The normalized spacial score (nSPS) is 29.5. The molecule has 0 spiro atoms. The van der Waals surface area contributed by atoms with Gasteiger partial charge >= 0.3 is 0 Å². The summed E-state index contributed by atoms with van der Waals surface area (Å²) >= 11 is 0. The van der Waals surface area contributed by atoms with E-state index in [1.165, 1.54) is 0 Å². The van der Waals surface area contributed by atoms with Crippen LogP contribution in [0.5, 0.6) is 0 Å². The second kappa shape index (κ2) is 6.66. The Morgan fingerprint density at radius 3 is 2.43 bits per heavy atom. The van der Waals surface area contributed by atoms with Gasteiger partial charge in [-0.2, -0.15) is 0 Å². The summed E-state index contributed by atoms with van der Waals surface area (Å²) in [5, 5.41) is 3.18. The fraction of sp³-hybridized carbons (Fsp3) is 0.941. The van der Waals surface area contributed by atoms with Gasteiger partial charge in [-0.1, -0.05) is 34.6 Å². The van der Waals surface area contributed by atoms with Gasteiger partial charge in [-0.25, -0.2) is 0 Å². The maximum atomic E-state index is 12.6. The summed E-state index contributed by atoms with van der Waals surface area (Å²) in [5.74, 6) is 0.643. The Morgan fingerprint density at radius 2 is 1.90 bits per heavy atom. The van der Waals surface area contributed by atoms with E-state index in [9.17, 15) is 4.79 Å². The van der Waals surface area contributed by atoms with Crippen LogP contribution in [0.2, 0.25) is 0 Å². The van der Waals surface area contributed by atoms with E-state index in [4.69, 9.17) is 5.73 Å². The number of hydrogen-bond acceptors (Lipinski definition) is 3. The minimum atomic E-state index is -0.0343. The lowest BCUT2D eigenvalue weighted by Crippen LogP contribution is -2.52. The van der Waals surface area contributed by atoms with E-state index in [1.54, 1.807) is 0 Å². The monoisotopic (exact) mass is 297 g/mol. The number of nitrogens with one attached hydrogen (secondary N) is 1. The average Bonchev–Trinajstić information content (AvgIpc) is 2.32. The molecule has 0 heterocycles. The lowest BCUT2D eigenvalue weighted by Gasteiger charge is -2.46. The van der Waals surface area contributed by atoms with E-state index in [-0.39, 0.29) is 28.7 Å². The predicted molar refractivity (Wildman–Crippen MR) is 89.0 cm³/mol. The van der Waals surface area contributed by atoms with Gasteiger partial charge in [-0.3, -0.25) is 4.79 Å². The maximum Gasteiger partial charge on any atom is 0.223 e. The zero-order valence-electron chi connectivity index (χ0n) is 15.0. The van der Waals surface area contributed by atoms with Crippen LogP contribution >= 0.6 is 0 Å². The van der Waals surface area contributed by atoms with Crippen LogP contribution in [0.1, 0.15) is 47.5 Å². The van der Waals surface area contributed by atoms with Crippen LogP contribution in [0.25, 0.3) is 0 Å². The van der Waals surface area contributed by atoms with Crippen LogP contribution in [0, 0.1) is 22.7 Å². The molecule has 1 fully saturated rings. The smallest absolute Gasteiger partial charge is 0.223 e. The molecular formula is C17H35N3O. The van der Waals surface area contributed by atoms with Gasteiger partial charge in [0, 0.05) is 25.0 Å². The molecule has 1 aliphatic rings. The molecular weight excluding hydrogens is 262 g/mol. The van der Waals surface area contributed by atoms with Crippen molar-refractivity contribution in [3.05, 3.63) is 0 Å². The zero-order valence-corrected chi connectivity index (χ0v) is 15.0. The summed E-state index contributed by atoms with van der Waals surface area (Å²) in [7, 11) is 4.13. The molecule has 3 unspecified atom stereocenters. The second-order valence-electron chi connectivity index (χ2n) is 8.52. The number of nitrogens with zero attached hydrogens (tertiary/aromatic N) is 1. The molecule has 0 aromatic carbocycles. The first-order chi connectivity index (χ1) is 9.47. The Kier molecular flexibility index (Phi) is 5.84. The fourth-order valence-corrected chi connectivity index (χ4v) is 3.68. The molecule has 0 radical (unpaired) electrons. The highest BCUT2D eigenvalue weighted by Gasteiger charge is 2.45. The SMILES string of the molecule is CC1C(N)CCC(C(=O)NCC(C)(C)CN(C)C)C1(C)C. The van der Waals surface area contributed by atoms with Gasteiger partial charge in [0.25, 0.3) is 0 Å². The molecule has 4 heteroatoms. The third-order valence-electron chi connectivity index (χ3n) is 5.30. The Hall–Kier alpha value is -0.610. The quantitative estimate of drug-likeness (QED) is 0.817. The van der Waals surface area contributed by atoms with E-state index in [1.807, 2.05) is 0 Å². The number of carbonyl (C=O) groups excluding carboxylic acids is 1. The topological polar surface area (TPSA) is 58.4 Å². The Morgan fingerprint density at radius 1 is 1.33 bits per heavy atom. The lowest BCUT2D eigenvalue weighted by atomic mass is 9.61. The number of nitrogens with two attached hydrogens (primary N) is 1. The first-order valence-corrected chi connectivity index (χ1v) is 8.15. The predicted octanol–water partition coefficient (Wildman–Crippen LogP) is 2.09. The van der Waals surface area contributed by atoms with Crippen LogP contribution in [0.3, 0.4) is 0 Å². The van der Waals surface area contributed by atoms with Crippen molar-refractivity contribution in [3.8, 4) is 0 Å². The molecule has 1 rings (SSSR count). The van der Waals surface area contributed by atoms with E-state index in [0.29, 0.717) is 5.92 Å². The second-order valence-corrected chi connectivity index (χ2v) is 8.52. The minimum absolute atomic E-state index is 0.0343. The number of amides is 1. The first kappa shape index (κ1) is 18.4. The van der Waals surface area contributed by atoms with Gasteiger partial charge in [0.05, 0.1) is 0 Å². The molecule has 0 bridgehead atoms. The average molecular weight is 297 g/mol. The van der Waals surface area contributed by atoms with Gasteiger partial charge in [0.1, 0.15) is 0 Å². The van der Waals surface area contributed by atoms with E-state index >= 15 is 0 Å². The number of rotatable bonds is 5. The van der Waals surface area contributed by atoms with Crippen LogP contribution < -0.4 is 11.1 Å². The van der Waals surface area contributed by atoms with Crippen LogP contribution in [0.4, 0.5) is 0 Å². The first-order valence-electron chi connectivity index (χ1n) is 8.15. The largest absolute Gasteiger partial charge is 0.355 e. The highest BCUT2D eigenvalue weighted by molar-refractivity contribution is 5.79. The molecule has 0 aromatic rings. The number of hydrogen-bond donors (Lipinski definition) is 2. The van der Waals surface area contributed by atoms with E-state index < -0.39 is 0 Å². The van der Waals surface area contributed by atoms with Gasteiger partial charge in [-0.15, -0.1) is 0 Å². The van der Waals surface area contributed by atoms with Gasteiger partial charge in [0.15, 0.2) is 0 Å². The van der Waals surface area contributed by atoms with E-state index in [0.717, 1.165) is 25.9 Å². The highest BCUT2D eigenvalue weighted by atomic mass is 16.1. The molecule has 0 aliphatic heterocycles. The summed E-state index contributed by atoms with van der Waals surface area (Å²) < 4.78 is 0. The van der Waals surface area contributed by atoms with Crippen molar-refractivity contribution in [2.24, 2.45) is 28.4 Å². The zero-order chi connectivity index (χ0) is 16.4. The van der Waals surface area contributed by atoms with Crippen LogP contribution in [-0.2, 0) is 4.79 Å². The van der Waals surface area contributed by atoms with Crippen molar-refractivity contribution in [2.45, 2.75) is 53.5 Å². The molecule has 21 heavy (non-hydrogen) atoms. The molecule has 3 N–H and O–H groups in total. The van der Waals surface area contributed by atoms with E-state index in [2.05, 4.69) is 58.9 Å². The van der Waals surface area contributed by atoms with Gasteiger partial charge in [-0.05, 0) is 43.7 Å². The summed E-state index contributed by atoms with van der Waals surface area (Å²) in [4.78, 5) is 14.8. The minimum Gasteiger partial charge on any atom is -0.355 e. The Balaban J connectivity index is 2.63. The molecule has 0 aromatic heterocycles. The molecule has 4 nitrogen and oxygen atoms in total. The third-order valence-corrected chi connectivity index (χ3v) is 5.30. The summed E-state index contributed by atoms with van der Waals surface area (Å²) in [6.07, 6.45) is 1.85. The van der Waals surface area contributed by atoms with Crippen molar-refractivity contribution in [2.75, 3.05) is 27.2 Å².